The topological polar surface area (TPSA) is 70.2 Å². The summed E-state index contributed by atoms with van der Waals surface area (Å²) < 4.78 is 27.4. The van der Waals surface area contributed by atoms with Crippen molar-refractivity contribution >= 4 is 17.6 Å². The van der Waals surface area contributed by atoms with Crippen LogP contribution in [0.15, 0.2) is 59.8 Å². The van der Waals surface area contributed by atoms with E-state index in [9.17, 15) is 18.4 Å². The maximum Gasteiger partial charge on any atom is 0.319 e. The minimum absolute atomic E-state index is 0.00816. The van der Waals surface area contributed by atoms with Crippen LogP contribution in [0.4, 0.5) is 19.3 Å². The zero-order valence-electron chi connectivity index (χ0n) is 13.3. The molecule has 1 aliphatic heterocycles. The highest BCUT2D eigenvalue weighted by atomic mass is 19.1. The van der Waals surface area contributed by atoms with E-state index in [0.717, 1.165) is 6.07 Å². The van der Waals surface area contributed by atoms with E-state index in [1.54, 1.807) is 37.3 Å². The van der Waals surface area contributed by atoms with Crippen molar-refractivity contribution in [3.05, 3.63) is 77.0 Å². The van der Waals surface area contributed by atoms with E-state index >= 15 is 0 Å². The molecule has 0 spiro atoms. The molecular formula is C18H15F2N3O2. The number of para-hydroxylation sites is 1. The Morgan fingerprint density at radius 3 is 2.52 bits per heavy atom. The predicted octanol–water partition coefficient (Wildman–Crippen LogP) is 3.23. The van der Waals surface area contributed by atoms with Crippen LogP contribution >= 0.6 is 0 Å². The number of hydrogen-bond donors (Lipinski definition) is 3. The molecule has 128 valence electrons. The first-order valence-electron chi connectivity index (χ1n) is 7.55. The van der Waals surface area contributed by atoms with Crippen LogP contribution in [-0.2, 0) is 4.79 Å². The first-order valence-corrected chi connectivity index (χ1v) is 7.55. The lowest BCUT2D eigenvalue weighted by atomic mass is 9.94. The van der Waals surface area contributed by atoms with Crippen molar-refractivity contribution in [1.82, 2.24) is 10.6 Å². The SMILES string of the molecule is CC1=C(C(=O)Nc2ccccc2)[C@@H](c2ccc(F)cc2F)NC(=O)N1. The van der Waals surface area contributed by atoms with E-state index in [0.29, 0.717) is 17.5 Å². The van der Waals surface area contributed by atoms with Crippen LogP contribution in [0.2, 0.25) is 0 Å². The number of carbonyl (C=O) groups is 2. The van der Waals surface area contributed by atoms with Crippen molar-refractivity contribution in [2.75, 3.05) is 5.32 Å². The third-order valence-electron chi connectivity index (χ3n) is 3.82. The Labute approximate surface area is 142 Å². The number of halogens is 2. The maximum atomic E-state index is 14.2. The van der Waals surface area contributed by atoms with E-state index in [-0.39, 0.29) is 11.1 Å². The Bertz CT molecular complexity index is 866. The summed E-state index contributed by atoms with van der Waals surface area (Å²) in [5, 5.41) is 7.71. The monoisotopic (exact) mass is 343 g/mol. The van der Waals surface area contributed by atoms with Crippen LogP contribution in [0, 0.1) is 11.6 Å². The molecular weight excluding hydrogens is 328 g/mol. The summed E-state index contributed by atoms with van der Waals surface area (Å²) >= 11 is 0. The quantitative estimate of drug-likeness (QED) is 0.801. The van der Waals surface area contributed by atoms with Gasteiger partial charge in [0.15, 0.2) is 0 Å². The van der Waals surface area contributed by atoms with Gasteiger partial charge in [0, 0.05) is 23.0 Å². The molecule has 0 aromatic heterocycles. The van der Waals surface area contributed by atoms with Gasteiger partial charge in [-0.3, -0.25) is 4.79 Å². The summed E-state index contributed by atoms with van der Waals surface area (Å²) in [4.78, 5) is 24.5. The first kappa shape index (κ1) is 16.6. The van der Waals surface area contributed by atoms with Crippen molar-refractivity contribution in [2.24, 2.45) is 0 Å². The second-order valence-electron chi connectivity index (χ2n) is 5.56. The van der Waals surface area contributed by atoms with Crippen LogP contribution in [0.25, 0.3) is 0 Å². The van der Waals surface area contributed by atoms with Gasteiger partial charge in [-0.15, -0.1) is 0 Å². The molecule has 0 saturated carbocycles. The molecule has 0 aliphatic carbocycles. The second-order valence-corrected chi connectivity index (χ2v) is 5.56. The number of carbonyl (C=O) groups excluding carboxylic acids is 2. The molecule has 3 rings (SSSR count). The number of anilines is 1. The Morgan fingerprint density at radius 1 is 1.12 bits per heavy atom. The lowest BCUT2D eigenvalue weighted by Crippen LogP contribution is -2.46. The van der Waals surface area contributed by atoms with Crippen molar-refractivity contribution in [1.29, 1.82) is 0 Å². The summed E-state index contributed by atoms with van der Waals surface area (Å²) in [6.45, 7) is 1.55. The molecule has 1 atom stereocenters. The van der Waals surface area contributed by atoms with Gasteiger partial charge in [-0.1, -0.05) is 24.3 Å². The molecule has 7 heteroatoms. The average Bonchev–Trinajstić information content (AvgIpc) is 2.54. The average molecular weight is 343 g/mol. The Morgan fingerprint density at radius 2 is 1.84 bits per heavy atom. The number of amides is 3. The molecule has 0 fully saturated rings. The number of rotatable bonds is 3. The summed E-state index contributed by atoms with van der Waals surface area (Å²) in [5.41, 5.74) is 1.01. The fourth-order valence-corrected chi connectivity index (χ4v) is 2.68. The zero-order valence-corrected chi connectivity index (χ0v) is 13.3. The Balaban J connectivity index is 1.99. The molecule has 0 saturated heterocycles. The molecule has 0 bridgehead atoms. The number of hydrogen-bond acceptors (Lipinski definition) is 2. The summed E-state index contributed by atoms with van der Waals surface area (Å²) in [6.07, 6.45) is 0. The standard InChI is InChI=1S/C18H15F2N3O2/c1-10-15(17(24)22-12-5-3-2-4-6-12)16(23-18(25)21-10)13-8-7-11(19)9-14(13)20/h2-9,16H,1H3,(H,22,24)(H2,21,23,25)/t16-/m1/s1. The van der Waals surface area contributed by atoms with Crippen molar-refractivity contribution < 1.29 is 18.4 Å². The molecule has 25 heavy (non-hydrogen) atoms. The van der Waals surface area contributed by atoms with E-state index in [1.165, 1.54) is 6.07 Å². The van der Waals surface area contributed by atoms with Crippen LogP contribution in [0.5, 0.6) is 0 Å². The zero-order chi connectivity index (χ0) is 18.0. The summed E-state index contributed by atoms with van der Waals surface area (Å²) in [6, 6.07) is 10.1. The van der Waals surface area contributed by atoms with Crippen LogP contribution in [0.3, 0.4) is 0 Å². The van der Waals surface area contributed by atoms with Gasteiger partial charge in [-0.05, 0) is 25.1 Å². The fraction of sp³-hybridized carbons (Fsp3) is 0.111. The largest absolute Gasteiger partial charge is 0.327 e. The highest BCUT2D eigenvalue weighted by molar-refractivity contribution is 6.06. The highest BCUT2D eigenvalue weighted by Crippen LogP contribution is 2.29. The highest BCUT2D eigenvalue weighted by Gasteiger charge is 2.32. The van der Waals surface area contributed by atoms with Crippen LogP contribution in [0.1, 0.15) is 18.5 Å². The van der Waals surface area contributed by atoms with Gasteiger partial charge in [0.1, 0.15) is 11.6 Å². The molecule has 0 radical (unpaired) electrons. The van der Waals surface area contributed by atoms with Crippen molar-refractivity contribution in [3.8, 4) is 0 Å². The van der Waals surface area contributed by atoms with Crippen LogP contribution in [-0.4, -0.2) is 11.9 Å². The molecule has 1 heterocycles. The molecule has 2 aromatic carbocycles. The molecule has 3 amide bonds. The van der Waals surface area contributed by atoms with Gasteiger partial charge in [0.2, 0.25) is 0 Å². The predicted molar refractivity (Wildman–Crippen MR) is 88.5 cm³/mol. The maximum absolute atomic E-state index is 14.2. The van der Waals surface area contributed by atoms with Crippen LogP contribution < -0.4 is 16.0 Å². The Hall–Kier alpha value is -3.22. The van der Waals surface area contributed by atoms with E-state index in [4.69, 9.17) is 0 Å². The van der Waals surface area contributed by atoms with Crippen molar-refractivity contribution in [2.45, 2.75) is 13.0 Å². The van der Waals surface area contributed by atoms with Gasteiger partial charge >= 0.3 is 6.03 Å². The van der Waals surface area contributed by atoms with Gasteiger partial charge in [-0.25, -0.2) is 13.6 Å². The van der Waals surface area contributed by atoms with Crippen molar-refractivity contribution in [3.63, 3.8) is 0 Å². The lowest BCUT2D eigenvalue weighted by Gasteiger charge is -2.28. The van der Waals surface area contributed by atoms with Gasteiger partial charge in [0.25, 0.3) is 5.91 Å². The minimum atomic E-state index is -1.03. The molecule has 5 nitrogen and oxygen atoms in total. The minimum Gasteiger partial charge on any atom is -0.327 e. The van der Waals surface area contributed by atoms with Gasteiger partial charge in [0.05, 0.1) is 11.6 Å². The number of urea groups is 1. The normalized spacial score (nSPS) is 16.9. The smallest absolute Gasteiger partial charge is 0.319 e. The molecule has 3 N–H and O–H groups in total. The Kier molecular flexibility index (Phi) is 4.47. The third-order valence-corrected chi connectivity index (χ3v) is 3.82. The number of allylic oxidation sites excluding steroid dienone is 1. The van der Waals surface area contributed by atoms with E-state index in [1.807, 2.05) is 0 Å². The lowest BCUT2D eigenvalue weighted by molar-refractivity contribution is -0.113. The molecule has 2 aromatic rings. The van der Waals surface area contributed by atoms with Gasteiger partial charge in [-0.2, -0.15) is 0 Å². The van der Waals surface area contributed by atoms with Gasteiger partial charge < -0.3 is 16.0 Å². The summed E-state index contributed by atoms with van der Waals surface area (Å²) in [7, 11) is 0. The number of nitrogens with one attached hydrogen (secondary N) is 3. The molecule has 1 aliphatic rings. The summed E-state index contributed by atoms with van der Waals surface area (Å²) in [5.74, 6) is -2.08. The number of benzene rings is 2. The fourth-order valence-electron chi connectivity index (χ4n) is 2.68. The second kappa shape index (κ2) is 6.72. The first-order chi connectivity index (χ1) is 12.0. The third kappa shape index (κ3) is 3.50. The van der Waals surface area contributed by atoms with E-state index in [2.05, 4.69) is 16.0 Å². The molecule has 0 unspecified atom stereocenters. The van der Waals surface area contributed by atoms with E-state index < -0.39 is 29.6 Å².